The third-order valence-corrected chi connectivity index (χ3v) is 8.76. The number of amides is 1. The van der Waals surface area contributed by atoms with Crippen molar-refractivity contribution in [3.8, 4) is 11.5 Å². The molecule has 1 aromatic heterocycles. The zero-order chi connectivity index (χ0) is 30.5. The highest BCUT2D eigenvalue weighted by atomic mass is 79.9. The fourth-order valence-electron chi connectivity index (χ4n) is 4.81. The summed E-state index contributed by atoms with van der Waals surface area (Å²) in [7, 11) is 1.52. The van der Waals surface area contributed by atoms with Gasteiger partial charge in [-0.1, -0.05) is 41.6 Å². The Bertz CT molecular complexity index is 1540. The van der Waals surface area contributed by atoms with Crippen molar-refractivity contribution in [2.75, 3.05) is 51.9 Å². The van der Waals surface area contributed by atoms with Crippen molar-refractivity contribution in [2.45, 2.75) is 30.8 Å². The van der Waals surface area contributed by atoms with Crippen LogP contribution in [0, 0.1) is 0 Å². The lowest BCUT2D eigenvalue weighted by Crippen LogP contribution is -2.43. The molecule has 1 fully saturated rings. The smallest absolute Gasteiger partial charge is 0.338 e. The van der Waals surface area contributed by atoms with Crippen LogP contribution in [0.2, 0.25) is 5.02 Å². The number of nitrogens with zero attached hydrogens (tertiary/aromatic N) is 4. The van der Waals surface area contributed by atoms with E-state index in [2.05, 4.69) is 21.2 Å². The second-order valence-electron chi connectivity index (χ2n) is 9.65. The first-order valence-electron chi connectivity index (χ1n) is 13.6. The van der Waals surface area contributed by atoms with E-state index in [4.69, 9.17) is 40.6 Å². The molecule has 14 heteroatoms. The average molecular weight is 693 g/mol. The molecule has 3 heterocycles. The Kier molecular flexibility index (Phi) is 10.2. The number of benzene rings is 2. The summed E-state index contributed by atoms with van der Waals surface area (Å²) in [4.78, 5) is 32.4. The summed E-state index contributed by atoms with van der Waals surface area (Å²) in [5.74, 6) is 1.18. The molecule has 0 radical (unpaired) electrons. The van der Waals surface area contributed by atoms with Crippen molar-refractivity contribution in [3.05, 3.63) is 68.3 Å². The molecule has 3 aromatic rings. The fraction of sp³-hybridized carbons (Fsp3) is 0.379. The Morgan fingerprint density at radius 3 is 2.72 bits per heavy atom. The number of esters is 1. The number of aromatic nitrogens is 3. The molecule has 0 spiro atoms. The number of ether oxygens (including phenoxy) is 4. The minimum atomic E-state index is -0.688. The number of morpholine rings is 1. The van der Waals surface area contributed by atoms with Gasteiger partial charge in [-0.25, -0.2) is 9.48 Å². The van der Waals surface area contributed by atoms with Gasteiger partial charge in [0.2, 0.25) is 11.1 Å². The highest BCUT2D eigenvalue weighted by Gasteiger charge is 2.36. The lowest BCUT2D eigenvalue weighted by molar-refractivity contribution is -0.139. The molecule has 11 nitrogen and oxygen atoms in total. The molecule has 1 saturated heterocycles. The van der Waals surface area contributed by atoms with Crippen LogP contribution in [0.3, 0.4) is 0 Å². The molecule has 0 bridgehead atoms. The molecule has 0 saturated carbocycles. The van der Waals surface area contributed by atoms with Crippen molar-refractivity contribution < 1.29 is 28.5 Å². The summed E-state index contributed by atoms with van der Waals surface area (Å²) in [6.07, 6.45) is 0. The minimum absolute atomic E-state index is 0.142. The fourth-order valence-corrected chi connectivity index (χ4v) is 6.50. The van der Waals surface area contributed by atoms with Crippen LogP contribution in [-0.4, -0.2) is 78.2 Å². The number of allylic oxidation sites excluding steroid dienone is 1. The van der Waals surface area contributed by atoms with Crippen LogP contribution in [0.25, 0.3) is 0 Å². The number of carbonyl (C=O) groups excluding carboxylic acids is 2. The topological polar surface area (TPSA) is 117 Å². The van der Waals surface area contributed by atoms with E-state index in [1.165, 1.54) is 18.9 Å². The van der Waals surface area contributed by atoms with Crippen molar-refractivity contribution in [1.29, 1.82) is 0 Å². The number of anilines is 1. The maximum Gasteiger partial charge on any atom is 0.338 e. The standard InChI is InChI=1S/C29H31BrClN5O6S/c1-4-41-27(38)24-17(2)32-28-33-29(43-16-18-7-5-6-8-21(18)31)34-36(28)25(24)19-13-20(30)26(22(14-19)39-3)42-15-23(37)35-9-11-40-12-10-35/h5-8,13-14,25H,4,9-12,15-16H2,1-3H3,(H,32,33,34). The summed E-state index contributed by atoms with van der Waals surface area (Å²) in [5, 5.41) is 9.16. The zero-order valence-electron chi connectivity index (χ0n) is 23.9. The van der Waals surface area contributed by atoms with Gasteiger partial charge < -0.3 is 29.2 Å². The van der Waals surface area contributed by atoms with Crippen molar-refractivity contribution in [3.63, 3.8) is 0 Å². The highest BCUT2D eigenvalue weighted by molar-refractivity contribution is 9.10. The maximum absolute atomic E-state index is 13.3. The third kappa shape index (κ3) is 6.95. The second kappa shape index (κ2) is 14.0. The largest absolute Gasteiger partial charge is 0.493 e. The summed E-state index contributed by atoms with van der Waals surface area (Å²) >= 11 is 11.4. The van der Waals surface area contributed by atoms with E-state index in [1.54, 1.807) is 29.5 Å². The zero-order valence-corrected chi connectivity index (χ0v) is 27.1. The van der Waals surface area contributed by atoms with Gasteiger partial charge in [-0.2, -0.15) is 4.98 Å². The molecule has 2 aliphatic heterocycles. The first-order valence-corrected chi connectivity index (χ1v) is 15.8. The van der Waals surface area contributed by atoms with Gasteiger partial charge in [0.05, 0.1) is 37.0 Å². The molecule has 1 amide bonds. The Morgan fingerprint density at radius 1 is 1.23 bits per heavy atom. The molecule has 1 unspecified atom stereocenters. The molecule has 1 atom stereocenters. The first kappa shape index (κ1) is 31.2. The molecule has 5 rings (SSSR count). The number of hydrogen-bond acceptors (Lipinski definition) is 10. The number of halogens is 2. The molecule has 1 N–H and O–H groups in total. The van der Waals surface area contributed by atoms with Crippen molar-refractivity contribution >= 4 is 57.1 Å². The molecule has 228 valence electrons. The average Bonchev–Trinajstić information content (AvgIpc) is 3.41. The van der Waals surface area contributed by atoms with Gasteiger partial charge in [0, 0.05) is 29.6 Å². The SMILES string of the molecule is CCOC(=O)C1=C(C)Nc2nc(SCc3ccccc3Cl)nn2C1c1cc(Br)c(OCC(=O)N2CCOCC2)c(OC)c1. The summed E-state index contributed by atoms with van der Waals surface area (Å²) in [5.41, 5.74) is 2.61. The molecular formula is C29H31BrClN5O6S. The Balaban J connectivity index is 1.47. The lowest BCUT2D eigenvalue weighted by Gasteiger charge is -2.29. The third-order valence-electron chi connectivity index (χ3n) is 6.91. The number of rotatable bonds is 10. The molecule has 2 aliphatic rings. The predicted molar refractivity (Wildman–Crippen MR) is 166 cm³/mol. The summed E-state index contributed by atoms with van der Waals surface area (Å²) < 4.78 is 24.6. The van der Waals surface area contributed by atoms with Gasteiger partial charge in [-0.3, -0.25) is 4.79 Å². The van der Waals surface area contributed by atoms with Crippen LogP contribution >= 0.6 is 39.3 Å². The highest BCUT2D eigenvalue weighted by Crippen LogP contribution is 2.43. The van der Waals surface area contributed by atoms with Crippen LogP contribution in [0.1, 0.15) is 31.0 Å². The van der Waals surface area contributed by atoms with Crippen molar-refractivity contribution in [2.24, 2.45) is 0 Å². The Labute approximate surface area is 267 Å². The number of methoxy groups -OCH3 is 1. The van der Waals surface area contributed by atoms with Crippen LogP contribution in [0.5, 0.6) is 11.5 Å². The molecular weight excluding hydrogens is 662 g/mol. The van der Waals surface area contributed by atoms with Crippen molar-refractivity contribution in [1.82, 2.24) is 19.7 Å². The van der Waals surface area contributed by atoms with E-state index < -0.39 is 12.0 Å². The van der Waals surface area contributed by atoms with E-state index in [1.807, 2.05) is 30.3 Å². The van der Waals surface area contributed by atoms with Gasteiger partial charge in [0.25, 0.3) is 5.91 Å². The van der Waals surface area contributed by atoms with Gasteiger partial charge in [0.15, 0.2) is 18.1 Å². The van der Waals surface area contributed by atoms with Gasteiger partial charge in [0.1, 0.15) is 6.04 Å². The number of carbonyl (C=O) groups is 2. The summed E-state index contributed by atoms with van der Waals surface area (Å²) in [6, 6.07) is 10.5. The quantitative estimate of drug-likeness (QED) is 0.228. The number of thioether (sulfide) groups is 1. The van der Waals surface area contributed by atoms with Gasteiger partial charge >= 0.3 is 5.97 Å². The molecule has 43 heavy (non-hydrogen) atoms. The minimum Gasteiger partial charge on any atom is -0.493 e. The van der Waals surface area contributed by atoms with Crippen LogP contribution < -0.4 is 14.8 Å². The Hall–Kier alpha value is -3.26. The van der Waals surface area contributed by atoms with Crippen LogP contribution in [-0.2, 0) is 24.8 Å². The monoisotopic (exact) mass is 691 g/mol. The van der Waals surface area contributed by atoms with Gasteiger partial charge in [-0.15, -0.1) is 5.10 Å². The van der Waals surface area contributed by atoms with Crippen LogP contribution in [0.4, 0.5) is 5.95 Å². The predicted octanol–water partition coefficient (Wildman–Crippen LogP) is 5.08. The first-order chi connectivity index (χ1) is 20.8. The van der Waals surface area contributed by atoms with Gasteiger partial charge in [-0.05, 0) is 59.1 Å². The Morgan fingerprint density at radius 2 is 2.00 bits per heavy atom. The second-order valence-corrected chi connectivity index (χ2v) is 11.8. The van der Waals surface area contributed by atoms with E-state index in [-0.39, 0.29) is 19.1 Å². The van der Waals surface area contributed by atoms with E-state index >= 15 is 0 Å². The number of fused-ring (bicyclic) bond motifs is 1. The van der Waals surface area contributed by atoms with E-state index in [0.717, 1.165) is 5.56 Å². The normalized spacial score (nSPS) is 16.4. The maximum atomic E-state index is 13.3. The number of hydrogen-bond donors (Lipinski definition) is 1. The lowest BCUT2D eigenvalue weighted by atomic mass is 9.95. The molecule has 0 aliphatic carbocycles. The summed E-state index contributed by atoms with van der Waals surface area (Å²) in [6.45, 7) is 5.67. The van der Waals surface area contributed by atoms with Crippen LogP contribution in [0.15, 0.2) is 57.3 Å². The number of nitrogens with one attached hydrogen (secondary N) is 1. The van der Waals surface area contributed by atoms with E-state index in [9.17, 15) is 9.59 Å². The van der Waals surface area contributed by atoms with E-state index in [0.29, 0.717) is 81.0 Å². The molecule has 2 aromatic carbocycles.